The van der Waals surface area contributed by atoms with Crippen molar-refractivity contribution in [3.8, 4) is 34.1 Å². The van der Waals surface area contributed by atoms with Crippen LogP contribution in [0.3, 0.4) is 0 Å². The van der Waals surface area contributed by atoms with Gasteiger partial charge in [-0.2, -0.15) is 0 Å². The summed E-state index contributed by atoms with van der Waals surface area (Å²) in [5.74, 6) is 2.16. The van der Waals surface area contributed by atoms with Gasteiger partial charge in [-0.1, -0.05) is 36.0 Å². The van der Waals surface area contributed by atoms with Crippen LogP contribution >= 0.6 is 23.1 Å². The molecule has 1 amide bonds. The van der Waals surface area contributed by atoms with Crippen molar-refractivity contribution in [2.45, 2.75) is 12.1 Å². The number of hydrogen-bond acceptors (Lipinski definition) is 8. The zero-order valence-electron chi connectivity index (χ0n) is 18.7. The number of rotatable bonds is 8. The summed E-state index contributed by atoms with van der Waals surface area (Å²) in [6, 6.07) is 13.5. The molecular weight excluding hydrogens is 458 g/mol. The van der Waals surface area contributed by atoms with Gasteiger partial charge in [0.05, 0.1) is 25.7 Å². The van der Waals surface area contributed by atoms with E-state index in [1.807, 2.05) is 60.3 Å². The Balaban J connectivity index is 1.40. The molecule has 1 N–H and O–H groups in total. The van der Waals surface area contributed by atoms with E-state index in [2.05, 4.69) is 20.5 Å². The fraction of sp³-hybridized carbons (Fsp3) is 0.217. The number of aromatic nitrogens is 4. The smallest absolute Gasteiger partial charge is 0.236 e. The zero-order valence-corrected chi connectivity index (χ0v) is 20.3. The van der Waals surface area contributed by atoms with Crippen molar-refractivity contribution in [2.75, 3.05) is 25.3 Å². The van der Waals surface area contributed by atoms with Crippen LogP contribution in [0.25, 0.3) is 22.6 Å². The van der Waals surface area contributed by atoms with E-state index >= 15 is 0 Å². The minimum absolute atomic E-state index is 0.164. The first-order valence-corrected chi connectivity index (χ1v) is 11.9. The second-order valence-electron chi connectivity index (χ2n) is 7.12. The molecule has 0 bridgehead atoms. The Morgan fingerprint density at radius 3 is 2.70 bits per heavy atom. The van der Waals surface area contributed by atoms with Gasteiger partial charge in [-0.25, -0.2) is 4.98 Å². The fourth-order valence-electron chi connectivity index (χ4n) is 3.25. The monoisotopic (exact) mass is 481 g/mol. The molecule has 4 rings (SSSR count). The first-order valence-electron chi connectivity index (χ1n) is 10.1. The standard InChI is InChI=1S/C23H23N5O3S2/c1-14-7-5-6-8-16(14)21-26-27-23(28(21)2)33-13-20(29)25-22-24-18(12-32-22)17-10-9-15(30-3)11-19(17)31-4/h5-12H,13H2,1-4H3,(H,24,25,29). The second-order valence-corrected chi connectivity index (χ2v) is 8.92. The van der Waals surface area contributed by atoms with Crippen LogP contribution in [-0.4, -0.2) is 45.6 Å². The van der Waals surface area contributed by atoms with Gasteiger partial charge in [0.1, 0.15) is 11.5 Å². The highest BCUT2D eigenvalue weighted by molar-refractivity contribution is 7.99. The summed E-state index contributed by atoms with van der Waals surface area (Å²) in [5.41, 5.74) is 3.69. The number of nitrogens with zero attached hydrogens (tertiary/aromatic N) is 4. The van der Waals surface area contributed by atoms with Crippen molar-refractivity contribution >= 4 is 34.1 Å². The quantitative estimate of drug-likeness (QED) is 0.366. The maximum absolute atomic E-state index is 12.5. The number of carbonyl (C=O) groups excluding carboxylic acids is 1. The third kappa shape index (κ3) is 5.01. The van der Waals surface area contributed by atoms with Gasteiger partial charge in [-0.05, 0) is 24.6 Å². The number of benzene rings is 2. The fourth-order valence-corrected chi connectivity index (χ4v) is 4.69. The van der Waals surface area contributed by atoms with E-state index in [-0.39, 0.29) is 11.7 Å². The lowest BCUT2D eigenvalue weighted by Crippen LogP contribution is -2.14. The molecule has 0 aliphatic heterocycles. The third-order valence-corrected chi connectivity index (χ3v) is 6.77. The van der Waals surface area contributed by atoms with Gasteiger partial charge in [0, 0.05) is 29.6 Å². The molecule has 0 aliphatic carbocycles. The number of thiazole rings is 1. The van der Waals surface area contributed by atoms with Crippen LogP contribution < -0.4 is 14.8 Å². The summed E-state index contributed by atoms with van der Waals surface area (Å²) in [4.78, 5) is 17.1. The van der Waals surface area contributed by atoms with E-state index in [4.69, 9.17) is 9.47 Å². The van der Waals surface area contributed by atoms with Gasteiger partial charge in [0.15, 0.2) is 16.1 Å². The first-order chi connectivity index (χ1) is 16.0. The Morgan fingerprint density at radius 2 is 1.94 bits per heavy atom. The van der Waals surface area contributed by atoms with Crippen molar-refractivity contribution < 1.29 is 14.3 Å². The van der Waals surface area contributed by atoms with Crippen molar-refractivity contribution in [3.05, 3.63) is 53.4 Å². The first kappa shape index (κ1) is 22.8. The zero-order chi connectivity index (χ0) is 23.4. The summed E-state index contributed by atoms with van der Waals surface area (Å²) < 4.78 is 12.6. The summed E-state index contributed by atoms with van der Waals surface area (Å²) in [5, 5.41) is 14.5. The molecule has 2 heterocycles. The second kappa shape index (κ2) is 10.1. The van der Waals surface area contributed by atoms with Gasteiger partial charge in [-0.15, -0.1) is 21.5 Å². The molecule has 2 aromatic heterocycles. The largest absolute Gasteiger partial charge is 0.497 e. The number of ether oxygens (including phenoxy) is 2. The van der Waals surface area contributed by atoms with Crippen LogP contribution in [0.5, 0.6) is 11.5 Å². The number of carbonyl (C=O) groups is 1. The van der Waals surface area contributed by atoms with Crippen molar-refractivity contribution in [1.82, 2.24) is 19.7 Å². The normalized spacial score (nSPS) is 10.8. The number of hydrogen-bond donors (Lipinski definition) is 1. The molecule has 0 saturated heterocycles. The Hall–Kier alpha value is -3.37. The molecule has 2 aromatic carbocycles. The van der Waals surface area contributed by atoms with Crippen LogP contribution in [0, 0.1) is 6.92 Å². The molecule has 0 unspecified atom stereocenters. The molecular formula is C23H23N5O3S2. The number of nitrogens with one attached hydrogen (secondary N) is 1. The van der Waals surface area contributed by atoms with Crippen molar-refractivity contribution in [2.24, 2.45) is 7.05 Å². The van der Waals surface area contributed by atoms with E-state index < -0.39 is 0 Å². The lowest BCUT2D eigenvalue weighted by Gasteiger charge is -2.08. The average Bonchev–Trinajstić information content (AvgIpc) is 3.44. The molecule has 4 aromatic rings. The summed E-state index contributed by atoms with van der Waals surface area (Å²) >= 11 is 2.69. The SMILES string of the molecule is COc1ccc(-c2csc(NC(=O)CSc3nnc(-c4ccccc4C)n3C)n2)c(OC)c1. The molecule has 0 fully saturated rings. The Morgan fingerprint density at radius 1 is 1.12 bits per heavy atom. The van der Waals surface area contributed by atoms with Gasteiger partial charge in [-0.3, -0.25) is 4.79 Å². The average molecular weight is 482 g/mol. The predicted octanol–water partition coefficient (Wildman–Crippen LogP) is 4.66. The summed E-state index contributed by atoms with van der Waals surface area (Å²) in [7, 11) is 5.10. The highest BCUT2D eigenvalue weighted by Crippen LogP contribution is 2.35. The third-order valence-electron chi connectivity index (χ3n) is 4.99. The molecule has 10 heteroatoms. The number of methoxy groups -OCH3 is 2. The van der Waals surface area contributed by atoms with Crippen molar-refractivity contribution in [3.63, 3.8) is 0 Å². The minimum atomic E-state index is -0.164. The van der Waals surface area contributed by atoms with Crippen LogP contribution in [0.2, 0.25) is 0 Å². The van der Waals surface area contributed by atoms with Crippen LogP contribution in [0.4, 0.5) is 5.13 Å². The van der Waals surface area contributed by atoms with Gasteiger partial charge in [0.25, 0.3) is 0 Å². The molecule has 0 saturated carbocycles. The molecule has 8 nitrogen and oxygen atoms in total. The highest BCUT2D eigenvalue weighted by Gasteiger charge is 2.16. The number of thioether (sulfide) groups is 1. The highest BCUT2D eigenvalue weighted by atomic mass is 32.2. The van der Waals surface area contributed by atoms with E-state index in [1.54, 1.807) is 20.3 Å². The molecule has 0 atom stereocenters. The predicted molar refractivity (Wildman–Crippen MR) is 131 cm³/mol. The number of amides is 1. The molecule has 33 heavy (non-hydrogen) atoms. The molecule has 0 aliphatic rings. The Kier molecular flexibility index (Phi) is 6.95. The van der Waals surface area contributed by atoms with Crippen molar-refractivity contribution in [1.29, 1.82) is 0 Å². The summed E-state index contributed by atoms with van der Waals surface area (Å²) in [6.45, 7) is 2.04. The molecule has 0 spiro atoms. The van der Waals surface area contributed by atoms with Gasteiger partial charge >= 0.3 is 0 Å². The van der Waals surface area contributed by atoms with Crippen LogP contribution in [0.15, 0.2) is 53.0 Å². The van der Waals surface area contributed by atoms with Crippen LogP contribution in [-0.2, 0) is 11.8 Å². The van der Waals surface area contributed by atoms with Gasteiger partial charge in [0.2, 0.25) is 5.91 Å². The summed E-state index contributed by atoms with van der Waals surface area (Å²) in [6.07, 6.45) is 0. The maximum Gasteiger partial charge on any atom is 0.236 e. The molecule has 170 valence electrons. The minimum Gasteiger partial charge on any atom is -0.497 e. The Labute approximate surface area is 200 Å². The lowest BCUT2D eigenvalue weighted by molar-refractivity contribution is -0.113. The Bertz CT molecular complexity index is 1280. The van der Waals surface area contributed by atoms with E-state index in [0.717, 1.165) is 28.2 Å². The number of anilines is 1. The molecule has 0 radical (unpaired) electrons. The maximum atomic E-state index is 12.5. The topological polar surface area (TPSA) is 91.2 Å². The van der Waals surface area contributed by atoms with E-state index in [0.29, 0.717) is 21.8 Å². The number of aryl methyl sites for hydroxylation is 1. The van der Waals surface area contributed by atoms with E-state index in [1.165, 1.54) is 23.1 Å². The van der Waals surface area contributed by atoms with E-state index in [9.17, 15) is 4.79 Å². The lowest BCUT2D eigenvalue weighted by atomic mass is 10.1. The van der Waals surface area contributed by atoms with Gasteiger partial charge < -0.3 is 19.4 Å². The van der Waals surface area contributed by atoms with Crippen LogP contribution in [0.1, 0.15) is 5.56 Å².